The third-order valence-electron chi connectivity index (χ3n) is 4.89. The van der Waals surface area contributed by atoms with Crippen LogP contribution in [0.3, 0.4) is 0 Å². The molecule has 1 aromatic heterocycles. The highest BCUT2D eigenvalue weighted by atomic mass is 16.5. The number of hydrogen-bond donors (Lipinski definition) is 1. The maximum atomic E-state index is 12.8. The lowest BCUT2D eigenvalue weighted by atomic mass is 10.0. The first kappa shape index (κ1) is 17.6. The summed E-state index contributed by atoms with van der Waals surface area (Å²) in [7, 11) is 1.71. The molecule has 0 spiro atoms. The smallest absolute Gasteiger partial charge is 0.270 e. The summed E-state index contributed by atoms with van der Waals surface area (Å²) in [5, 5.41) is 0.602. The Morgan fingerprint density at radius 1 is 1.20 bits per heavy atom. The predicted octanol–water partition coefficient (Wildman–Crippen LogP) is 1.71. The van der Waals surface area contributed by atoms with Crippen molar-refractivity contribution in [3.05, 3.63) is 46.2 Å². The van der Waals surface area contributed by atoms with Gasteiger partial charge in [-0.15, -0.1) is 0 Å². The van der Waals surface area contributed by atoms with Crippen molar-refractivity contribution >= 4 is 16.8 Å². The Labute approximate surface area is 147 Å². The number of fused-ring (bicyclic) bond motifs is 1. The van der Waals surface area contributed by atoms with Crippen LogP contribution in [0.4, 0.5) is 0 Å². The number of methoxy groups -OCH3 is 1. The van der Waals surface area contributed by atoms with Crippen LogP contribution >= 0.6 is 0 Å². The number of ether oxygens (including phenoxy) is 1. The molecule has 0 saturated carbocycles. The van der Waals surface area contributed by atoms with E-state index in [0.717, 1.165) is 13.1 Å². The second-order valence-corrected chi connectivity index (χ2v) is 7.12. The summed E-state index contributed by atoms with van der Waals surface area (Å²) >= 11 is 0. The summed E-state index contributed by atoms with van der Waals surface area (Å²) in [5.41, 5.74) is 0.866. The molecule has 6 heteroatoms. The molecule has 2 heterocycles. The Kier molecular flexibility index (Phi) is 4.92. The Morgan fingerprint density at radius 2 is 1.88 bits per heavy atom. The molecule has 2 aromatic rings. The van der Waals surface area contributed by atoms with E-state index < -0.39 is 0 Å². The van der Waals surface area contributed by atoms with Crippen LogP contribution < -0.4 is 5.43 Å². The number of rotatable bonds is 4. The van der Waals surface area contributed by atoms with Gasteiger partial charge in [0.2, 0.25) is 0 Å². The number of amides is 1. The molecule has 1 amide bonds. The summed E-state index contributed by atoms with van der Waals surface area (Å²) in [6.45, 7) is 7.81. The zero-order chi connectivity index (χ0) is 18.0. The minimum atomic E-state index is -0.127. The number of hydrogen-bond acceptors (Lipinski definition) is 4. The molecule has 1 aromatic carbocycles. The summed E-state index contributed by atoms with van der Waals surface area (Å²) < 4.78 is 5.30. The van der Waals surface area contributed by atoms with Crippen LogP contribution in [-0.4, -0.2) is 66.1 Å². The van der Waals surface area contributed by atoms with Gasteiger partial charge in [0.1, 0.15) is 5.69 Å². The number of piperazine rings is 1. The van der Waals surface area contributed by atoms with E-state index in [9.17, 15) is 9.59 Å². The maximum Gasteiger partial charge on any atom is 0.270 e. The van der Waals surface area contributed by atoms with Crippen LogP contribution in [0, 0.1) is 0 Å². The van der Waals surface area contributed by atoms with Crippen molar-refractivity contribution in [1.82, 2.24) is 14.8 Å². The van der Waals surface area contributed by atoms with Crippen molar-refractivity contribution in [2.45, 2.75) is 19.4 Å². The molecule has 3 rings (SSSR count). The van der Waals surface area contributed by atoms with Gasteiger partial charge in [0.25, 0.3) is 5.91 Å². The molecule has 1 aliphatic heterocycles. The average molecular weight is 343 g/mol. The van der Waals surface area contributed by atoms with Gasteiger partial charge in [-0.1, -0.05) is 12.1 Å². The molecule has 134 valence electrons. The van der Waals surface area contributed by atoms with E-state index in [1.807, 2.05) is 18.2 Å². The van der Waals surface area contributed by atoms with Gasteiger partial charge in [-0.3, -0.25) is 14.5 Å². The van der Waals surface area contributed by atoms with E-state index >= 15 is 0 Å². The number of aromatic amines is 1. The molecule has 1 saturated heterocycles. The number of para-hydroxylation sites is 1. The molecule has 1 aliphatic rings. The van der Waals surface area contributed by atoms with Crippen molar-refractivity contribution in [3.63, 3.8) is 0 Å². The summed E-state index contributed by atoms with van der Waals surface area (Å²) in [6, 6.07) is 8.66. The number of H-pyrrole nitrogens is 1. The average Bonchev–Trinajstić information content (AvgIpc) is 2.61. The molecule has 1 fully saturated rings. The van der Waals surface area contributed by atoms with Gasteiger partial charge in [-0.05, 0) is 26.0 Å². The molecule has 25 heavy (non-hydrogen) atoms. The van der Waals surface area contributed by atoms with Gasteiger partial charge in [0.05, 0.1) is 6.61 Å². The fraction of sp³-hybridized carbons (Fsp3) is 0.474. The molecule has 6 nitrogen and oxygen atoms in total. The molecular weight excluding hydrogens is 318 g/mol. The fourth-order valence-electron chi connectivity index (χ4n) is 3.44. The van der Waals surface area contributed by atoms with E-state index in [0.29, 0.717) is 36.3 Å². The molecule has 0 aliphatic carbocycles. The minimum Gasteiger partial charge on any atom is -0.383 e. The quantitative estimate of drug-likeness (QED) is 0.918. The number of carbonyl (C=O) groups excluding carboxylic acids is 1. The van der Waals surface area contributed by atoms with Crippen LogP contribution in [0.2, 0.25) is 0 Å². The van der Waals surface area contributed by atoms with Crippen LogP contribution in [0.1, 0.15) is 24.3 Å². The molecule has 1 N–H and O–H groups in total. The second-order valence-electron chi connectivity index (χ2n) is 7.12. The van der Waals surface area contributed by atoms with Gasteiger partial charge in [-0.25, -0.2) is 0 Å². The number of carbonyl (C=O) groups is 1. The van der Waals surface area contributed by atoms with Crippen molar-refractivity contribution in [3.8, 4) is 0 Å². The van der Waals surface area contributed by atoms with E-state index in [2.05, 4.69) is 23.7 Å². The largest absolute Gasteiger partial charge is 0.383 e. The molecule has 0 unspecified atom stereocenters. The van der Waals surface area contributed by atoms with E-state index in [1.165, 1.54) is 6.07 Å². The number of nitrogens with zero attached hydrogens (tertiary/aromatic N) is 2. The van der Waals surface area contributed by atoms with Gasteiger partial charge < -0.3 is 14.6 Å². The normalized spacial score (nSPS) is 16.4. The standard InChI is InChI=1S/C19H25N3O3/c1-19(2,13-25-3)22-10-8-21(9-11-22)18(24)16-12-17(23)14-6-4-5-7-15(14)20-16/h4-7,12H,8-11,13H2,1-3H3,(H,20,23). The second kappa shape index (κ2) is 6.98. The third kappa shape index (κ3) is 3.60. The maximum absolute atomic E-state index is 12.8. The monoisotopic (exact) mass is 343 g/mol. The number of aromatic nitrogens is 1. The lowest BCUT2D eigenvalue weighted by molar-refractivity contribution is 0.00358. The van der Waals surface area contributed by atoms with Crippen LogP contribution in [0.25, 0.3) is 10.9 Å². The highest BCUT2D eigenvalue weighted by Gasteiger charge is 2.31. The van der Waals surface area contributed by atoms with Gasteiger partial charge >= 0.3 is 0 Å². The Bertz CT molecular complexity index is 820. The van der Waals surface area contributed by atoms with Crippen LogP contribution in [0.15, 0.2) is 35.1 Å². The van der Waals surface area contributed by atoms with Crippen molar-refractivity contribution in [2.75, 3.05) is 39.9 Å². The fourth-order valence-corrected chi connectivity index (χ4v) is 3.44. The molecule has 0 atom stereocenters. The lowest BCUT2D eigenvalue weighted by Crippen LogP contribution is -2.57. The van der Waals surface area contributed by atoms with Crippen molar-refractivity contribution < 1.29 is 9.53 Å². The van der Waals surface area contributed by atoms with Crippen molar-refractivity contribution in [2.24, 2.45) is 0 Å². The number of benzene rings is 1. The summed E-state index contributed by atoms with van der Waals surface area (Å²) in [5.74, 6) is -0.118. The first-order valence-corrected chi connectivity index (χ1v) is 8.58. The van der Waals surface area contributed by atoms with Crippen LogP contribution in [-0.2, 0) is 4.74 Å². The lowest BCUT2D eigenvalue weighted by Gasteiger charge is -2.43. The minimum absolute atomic E-state index is 0.0544. The highest BCUT2D eigenvalue weighted by Crippen LogP contribution is 2.18. The Balaban J connectivity index is 1.74. The number of nitrogens with one attached hydrogen (secondary N) is 1. The summed E-state index contributed by atoms with van der Waals surface area (Å²) in [4.78, 5) is 32.3. The van der Waals surface area contributed by atoms with E-state index in [-0.39, 0.29) is 16.9 Å². The predicted molar refractivity (Wildman–Crippen MR) is 98.0 cm³/mol. The SMILES string of the molecule is COCC(C)(C)N1CCN(C(=O)c2cc(=O)c3ccccc3[nH]2)CC1. The van der Waals surface area contributed by atoms with Gasteiger partial charge in [0, 0.05) is 55.8 Å². The highest BCUT2D eigenvalue weighted by molar-refractivity contribution is 5.94. The van der Waals surface area contributed by atoms with E-state index in [4.69, 9.17) is 4.74 Å². The van der Waals surface area contributed by atoms with Crippen LogP contribution in [0.5, 0.6) is 0 Å². The zero-order valence-electron chi connectivity index (χ0n) is 15.0. The van der Waals surface area contributed by atoms with E-state index in [1.54, 1.807) is 18.1 Å². The topological polar surface area (TPSA) is 65.6 Å². The number of pyridine rings is 1. The first-order valence-electron chi connectivity index (χ1n) is 8.58. The summed E-state index contributed by atoms with van der Waals surface area (Å²) in [6.07, 6.45) is 0. The Morgan fingerprint density at radius 3 is 2.56 bits per heavy atom. The first-order chi connectivity index (χ1) is 11.9. The van der Waals surface area contributed by atoms with Gasteiger partial charge in [-0.2, -0.15) is 0 Å². The third-order valence-corrected chi connectivity index (χ3v) is 4.89. The zero-order valence-corrected chi connectivity index (χ0v) is 15.0. The molecule has 0 radical (unpaired) electrons. The molecular formula is C19H25N3O3. The Hall–Kier alpha value is -2.18. The van der Waals surface area contributed by atoms with Crippen molar-refractivity contribution in [1.29, 1.82) is 0 Å². The van der Waals surface area contributed by atoms with Gasteiger partial charge in [0.15, 0.2) is 5.43 Å². The molecule has 0 bridgehead atoms.